The van der Waals surface area contributed by atoms with Crippen molar-refractivity contribution in [1.82, 2.24) is 9.80 Å². The number of benzene rings is 1. The third-order valence-corrected chi connectivity index (χ3v) is 4.23. The molecule has 1 atom stereocenters. The molecule has 0 bridgehead atoms. The number of amides is 2. The van der Waals surface area contributed by atoms with E-state index in [4.69, 9.17) is 4.74 Å². The van der Waals surface area contributed by atoms with Gasteiger partial charge in [0.25, 0.3) is 5.91 Å². The Morgan fingerprint density at radius 1 is 1.14 bits per heavy atom. The van der Waals surface area contributed by atoms with Gasteiger partial charge in [0.15, 0.2) is 0 Å². The summed E-state index contributed by atoms with van der Waals surface area (Å²) in [6.45, 7) is 2.65. The summed E-state index contributed by atoms with van der Waals surface area (Å²) in [5, 5.41) is 0. The van der Waals surface area contributed by atoms with Crippen LogP contribution in [0.1, 0.15) is 23.2 Å². The van der Waals surface area contributed by atoms with Crippen molar-refractivity contribution in [3.63, 3.8) is 0 Å². The van der Waals surface area contributed by atoms with Crippen molar-refractivity contribution in [3.05, 3.63) is 35.6 Å². The molecule has 3 rings (SSSR count). The first-order chi connectivity index (χ1) is 10.7. The van der Waals surface area contributed by atoms with E-state index in [0.29, 0.717) is 39.3 Å². The number of hydrogen-bond donors (Lipinski definition) is 0. The molecule has 0 aliphatic carbocycles. The van der Waals surface area contributed by atoms with E-state index in [1.54, 1.807) is 17.0 Å². The molecule has 5 nitrogen and oxygen atoms in total. The topological polar surface area (TPSA) is 49.9 Å². The number of ether oxygens (including phenoxy) is 1. The molecule has 0 saturated carbocycles. The number of carbonyl (C=O) groups is 2. The number of hydrogen-bond acceptors (Lipinski definition) is 3. The van der Waals surface area contributed by atoms with Gasteiger partial charge in [-0.15, -0.1) is 0 Å². The van der Waals surface area contributed by atoms with Crippen LogP contribution >= 0.6 is 0 Å². The van der Waals surface area contributed by atoms with Crippen LogP contribution in [0.25, 0.3) is 0 Å². The zero-order valence-corrected chi connectivity index (χ0v) is 12.3. The van der Waals surface area contributed by atoms with Gasteiger partial charge in [0.1, 0.15) is 11.9 Å². The summed E-state index contributed by atoms with van der Waals surface area (Å²) in [6.07, 6.45) is 1.40. The Balaban J connectivity index is 1.76. The van der Waals surface area contributed by atoms with E-state index in [-0.39, 0.29) is 11.5 Å². The smallest absolute Gasteiger partial charge is 0.257 e. The van der Waals surface area contributed by atoms with Crippen LogP contribution in [-0.2, 0) is 9.53 Å². The summed E-state index contributed by atoms with van der Waals surface area (Å²) in [6, 6.07) is 5.43. The van der Waals surface area contributed by atoms with E-state index >= 15 is 0 Å². The second kappa shape index (κ2) is 6.44. The Morgan fingerprint density at radius 2 is 1.86 bits per heavy atom. The molecule has 2 saturated heterocycles. The zero-order chi connectivity index (χ0) is 15.5. The lowest BCUT2D eigenvalue weighted by atomic mass is 10.1. The average molecular weight is 306 g/mol. The van der Waals surface area contributed by atoms with Crippen LogP contribution in [-0.4, -0.2) is 60.5 Å². The number of carbonyl (C=O) groups excluding carboxylic acids is 2. The van der Waals surface area contributed by atoms with Crippen LogP contribution < -0.4 is 0 Å². The number of morpholine rings is 1. The lowest BCUT2D eigenvalue weighted by Gasteiger charge is -2.32. The lowest BCUT2D eigenvalue weighted by molar-refractivity contribution is -0.139. The minimum atomic E-state index is -0.544. The molecule has 6 heteroatoms. The van der Waals surface area contributed by atoms with Crippen molar-refractivity contribution in [3.8, 4) is 0 Å². The molecule has 0 spiro atoms. The van der Waals surface area contributed by atoms with E-state index in [9.17, 15) is 14.0 Å². The molecule has 1 aromatic carbocycles. The van der Waals surface area contributed by atoms with Crippen molar-refractivity contribution in [1.29, 1.82) is 0 Å². The molecular weight excluding hydrogens is 287 g/mol. The van der Waals surface area contributed by atoms with Crippen LogP contribution in [0.4, 0.5) is 4.39 Å². The quantitative estimate of drug-likeness (QED) is 0.827. The molecule has 2 amide bonds. The minimum Gasteiger partial charge on any atom is -0.378 e. The average Bonchev–Trinajstić information content (AvgIpc) is 3.04. The van der Waals surface area contributed by atoms with Crippen LogP contribution in [0.15, 0.2) is 24.3 Å². The number of likely N-dealkylation sites (tertiary alicyclic amines) is 1. The molecule has 0 aromatic heterocycles. The third-order valence-electron chi connectivity index (χ3n) is 4.23. The monoisotopic (exact) mass is 306 g/mol. The first-order valence-electron chi connectivity index (χ1n) is 7.60. The number of nitrogens with zero attached hydrogens (tertiary/aromatic N) is 2. The van der Waals surface area contributed by atoms with Gasteiger partial charge in [-0.2, -0.15) is 0 Å². The Labute approximate surface area is 128 Å². The molecule has 0 unspecified atom stereocenters. The van der Waals surface area contributed by atoms with Gasteiger partial charge >= 0.3 is 0 Å². The highest BCUT2D eigenvalue weighted by atomic mass is 19.1. The maximum atomic E-state index is 13.8. The van der Waals surface area contributed by atoms with Crippen molar-refractivity contribution in [2.24, 2.45) is 0 Å². The molecule has 2 aliphatic rings. The summed E-state index contributed by atoms with van der Waals surface area (Å²) in [5.74, 6) is -0.996. The van der Waals surface area contributed by atoms with Crippen molar-refractivity contribution in [2.45, 2.75) is 18.9 Å². The predicted molar refractivity (Wildman–Crippen MR) is 77.9 cm³/mol. The van der Waals surface area contributed by atoms with E-state index in [1.165, 1.54) is 17.0 Å². The van der Waals surface area contributed by atoms with Gasteiger partial charge in [-0.25, -0.2) is 4.39 Å². The van der Waals surface area contributed by atoms with Crippen LogP contribution in [0.2, 0.25) is 0 Å². The third kappa shape index (κ3) is 2.83. The zero-order valence-electron chi connectivity index (χ0n) is 12.3. The maximum absolute atomic E-state index is 13.8. The van der Waals surface area contributed by atoms with E-state index in [0.717, 1.165) is 6.42 Å². The summed E-state index contributed by atoms with van der Waals surface area (Å²) in [7, 11) is 0. The van der Waals surface area contributed by atoms with Gasteiger partial charge < -0.3 is 14.5 Å². The van der Waals surface area contributed by atoms with Gasteiger partial charge in [0, 0.05) is 19.6 Å². The second-order valence-corrected chi connectivity index (χ2v) is 5.57. The van der Waals surface area contributed by atoms with E-state index in [2.05, 4.69) is 0 Å². The Bertz CT molecular complexity index is 572. The molecule has 2 aliphatic heterocycles. The highest BCUT2D eigenvalue weighted by Crippen LogP contribution is 2.23. The van der Waals surface area contributed by atoms with Crippen molar-refractivity contribution >= 4 is 11.8 Å². The fourth-order valence-corrected chi connectivity index (χ4v) is 3.05. The van der Waals surface area contributed by atoms with E-state index < -0.39 is 17.8 Å². The normalized spacial score (nSPS) is 22.0. The molecule has 22 heavy (non-hydrogen) atoms. The number of rotatable bonds is 2. The summed E-state index contributed by atoms with van der Waals surface area (Å²) in [4.78, 5) is 28.4. The molecule has 1 aromatic rings. The van der Waals surface area contributed by atoms with Gasteiger partial charge in [0.05, 0.1) is 18.8 Å². The van der Waals surface area contributed by atoms with Crippen LogP contribution in [0.3, 0.4) is 0 Å². The summed E-state index contributed by atoms with van der Waals surface area (Å²) in [5.41, 5.74) is 0.0316. The summed E-state index contributed by atoms with van der Waals surface area (Å²) >= 11 is 0. The van der Waals surface area contributed by atoms with Gasteiger partial charge in [-0.05, 0) is 25.0 Å². The SMILES string of the molecule is O=C([C@@H]1CCCN1C(=O)c1ccccc1F)N1CCOCC1. The lowest BCUT2D eigenvalue weighted by Crippen LogP contribution is -2.51. The predicted octanol–water partition coefficient (Wildman–Crippen LogP) is 1.29. The molecule has 0 N–H and O–H groups in total. The van der Waals surface area contributed by atoms with Crippen LogP contribution in [0, 0.1) is 5.82 Å². The first kappa shape index (κ1) is 15.0. The fraction of sp³-hybridized carbons (Fsp3) is 0.500. The second-order valence-electron chi connectivity index (χ2n) is 5.57. The minimum absolute atomic E-state index is 0.0316. The Hall–Kier alpha value is -1.95. The molecule has 2 fully saturated rings. The van der Waals surface area contributed by atoms with Gasteiger partial charge in [-0.1, -0.05) is 12.1 Å². The van der Waals surface area contributed by atoms with Gasteiger partial charge in [0.2, 0.25) is 5.91 Å². The molecular formula is C16H19FN2O3. The largest absolute Gasteiger partial charge is 0.378 e. The molecule has 0 radical (unpaired) electrons. The Kier molecular flexibility index (Phi) is 4.38. The summed E-state index contributed by atoms with van der Waals surface area (Å²) < 4.78 is 19.1. The number of halogens is 1. The van der Waals surface area contributed by atoms with Crippen molar-refractivity contribution < 1.29 is 18.7 Å². The van der Waals surface area contributed by atoms with Crippen molar-refractivity contribution in [2.75, 3.05) is 32.8 Å². The van der Waals surface area contributed by atoms with E-state index in [1.807, 2.05) is 0 Å². The molecule has 2 heterocycles. The Morgan fingerprint density at radius 3 is 2.59 bits per heavy atom. The fourth-order valence-electron chi connectivity index (χ4n) is 3.05. The first-order valence-corrected chi connectivity index (χ1v) is 7.60. The van der Waals surface area contributed by atoms with Crippen LogP contribution in [0.5, 0.6) is 0 Å². The standard InChI is InChI=1S/C16H19FN2O3/c17-13-5-2-1-4-12(13)15(20)19-7-3-6-14(19)16(21)18-8-10-22-11-9-18/h1-2,4-5,14H,3,6-11H2/t14-/m0/s1. The highest BCUT2D eigenvalue weighted by Gasteiger charge is 2.37. The molecule has 118 valence electrons. The highest BCUT2D eigenvalue weighted by molar-refractivity contribution is 5.98. The van der Waals surface area contributed by atoms with Gasteiger partial charge in [-0.3, -0.25) is 9.59 Å². The maximum Gasteiger partial charge on any atom is 0.257 e.